The lowest BCUT2D eigenvalue weighted by molar-refractivity contribution is -0.142. The molecule has 0 spiro atoms. The standard InChI is InChI=1S/C18H19N3O3/c1-9-10(2)19-20-15-5-3-11(7-13(9)15)17(22)21-12-4-6-16(21)14(8-12)18(23)24/h3,5,7,12,14,16H,4,6,8H2,1-2H3,(H,23,24)/t12-,14-,16+/m1/s1. The molecule has 1 N–H and O–H groups in total. The van der Waals surface area contributed by atoms with Gasteiger partial charge in [-0.15, -0.1) is 0 Å². The molecule has 1 aromatic heterocycles. The van der Waals surface area contributed by atoms with Crippen LogP contribution >= 0.6 is 0 Å². The number of carbonyl (C=O) groups excluding carboxylic acids is 1. The summed E-state index contributed by atoms with van der Waals surface area (Å²) in [6.45, 7) is 3.87. The van der Waals surface area contributed by atoms with Crippen LogP contribution in [-0.4, -0.2) is 44.2 Å². The van der Waals surface area contributed by atoms with Crippen LogP contribution in [0, 0.1) is 19.8 Å². The maximum atomic E-state index is 13.0. The Labute approximate surface area is 139 Å². The minimum atomic E-state index is -0.791. The Morgan fingerprint density at radius 1 is 1.21 bits per heavy atom. The highest BCUT2D eigenvalue weighted by molar-refractivity contribution is 5.99. The number of hydrogen-bond acceptors (Lipinski definition) is 4. The van der Waals surface area contributed by atoms with Gasteiger partial charge in [0.25, 0.3) is 5.91 Å². The summed E-state index contributed by atoms with van der Waals surface area (Å²) in [5.74, 6) is -1.29. The minimum Gasteiger partial charge on any atom is -0.481 e. The quantitative estimate of drug-likeness (QED) is 0.916. The highest BCUT2D eigenvalue weighted by Crippen LogP contribution is 2.42. The van der Waals surface area contributed by atoms with Crippen molar-refractivity contribution in [1.29, 1.82) is 0 Å². The van der Waals surface area contributed by atoms with E-state index in [0.29, 0.717) is 12.0 Å². The predicted octanol–water partition coefficient (Wildman–Crippen LogP) is 2.32. The van der Waals surface area contributed by atoms with Crippen molar-refractivity contribution in [2.75, 3.05) is 0 Å². The first-order valence-corrected chi connectivity index (χ1v) is 8.26. The number of aryl methyl sites for hydroxylation is 2. The van der Waals surface area contributed by atoms with E-state index in [1.165, 1.54) is 0 Å². The van der Waals surface area contributed by atoms with Gasteiger partial charge in [0, 0.05) is 23.0 Å². The molecule has 2 saturated heterocycles. The van der Waals surface area contributed by atoms with Crippen molar-refractivity contribution in [3.05, 3.63) is 35.0 Å². The Morgan fingerprint density at radius 3 is 2.71 bits per heavy atom. The van der Waals surface area contributed by atoms with Gasteiger partial charge in [-0.3, -0.25) is 9.59 Å². The molecular formula is C18H19N3O3. The van der Waals surface area contributed by atoms with Crippen molar-refractivity contribution >= 4 is 22.8 Å². The Balaban J connectivity index is 1.72. The van der Waals surface area contributed by atoms with Crippen molar-refractivity contribution in [1.82, 2.24) is 15.1 Å². The van der Waals surface area contributed by atoms with E-state index in [-0.39, 0.29) is 18.0 Å². The molecule has 1 aromatic carbocycles. The lowest BCUT2D eigenvalue weighted by Crippen LogP contribution is -2.37. The van der Waals surface area contributed by atoms with Gasteiger partial charge >= 0.3 is 5.97 Å². The van der Waals surface area contributed by atoms with E-state index in [1.807, 2.05) is 26.0 Å². The summed E-state index contributed by atoms with van der Waals surface area (Å²) in [6.07, 6.45) is 2.25. The second-order valence-electron chi connectivity index (χ2n) is 6.83. The summed E-state index contributed by atoms with van der Waals surface area (Å²) in [4.78, 5) is 26.2. The fourth-order valence-electron chi connectivity index (χ4n) is 4.18. The smallest absolute Gasteiger partial charge is 0.308 e. The highest BCUT2D eigenvalue weighted by atomic mass is 16.4. The second-order valence-corrected chi connectivity index (χ2v) is 6.83. The third-order valence-corrected chi connectivity index (χ3v) is 5.59. The van der Waals surface area contributed by atoms with Crippen LogP contribution in [0.3, 0.4) is 0 Å². The third kappa shape index (κ3) is 2.09. The first-order valence-electron chi connectivity index (χ1n) is 8.26. The van der Waals surface area contributed by atoms with E-state index in [2.05, 4.69) is 10.2 Å². The van der Waals surface area contributed by atoms with Gasteiger partial charge in [-0.2, -0.15) is 10.2 Å². The Hall–Kier alpha value is -2.50. The van der Waals surface area contributed by atoms with Crippen LogP contribution < -0.4 is 0 Å². The van der Waals surface area contributed by atoms with Crippen molar-refractivity contribution in [3.63, 3.8) is 0 Å². The average molecular weight is 325 g/mol. The average Bonchev–Trinajstić information content (AvgIpc) is 3.15. The molecule has 0 aliphatic carbocycles. The molecule has 2 aliphatic rings. The van der Waals surface area contributed by atoms with E-state index in [9.17, 15) is 14.7 Å². The lowest BCUT2D eigenvalue weighted by Gasteiger charge is -2.23. The monoisotopic (exact) mass is 325 g/mol. The fourth-order valence-corrected chi connectivity index (χ4v) is 4.18. The van der Waals surface area contributed by atoms with E-state index >= 15 is 0 Å². The molecule has 2 aromatic rings. The first kappa shape index (κ1) is 15.1. The molecule has 3 atom stereocenters. The third-order valence-electron chi connectivity index (χ3n) is 5.59. The SMILES string of the molecule is Cc1nnc2ccc(C(=O)N3[C@@H]4CC[C@H]3[C@H](C(=O)O)C4)cc2c1C. The van der Waals surface area contributed by atoms with Crippen LogP contribution in [0.5, 0.6) is 0 Å². The Bertz CT molecular complexity index is 864. The number of carboxylic acids is 1. The van der Waals surface area contributed by atoms with Crippen LogP contribution in [-0.2, 0) is 4.79 Å². The molecule has 2 fully saturated rings. The Morgan fingerprint density at radius 2 is 2.00 bits per heavy atom. The Kier molecular flexibility index (Phi) is 3.30. The van der Waals surface area contributed by atoms with Crippen LogP contribution in [0.4, 0.5) is 0 Å². The van der Waals surface area contributed by atoms with Crippen LogP contribution in [0.1, 0.15) is 40.9 Å². The number of benzene rings is 1. The van der Waals surface area contributed by atoms with E-state index in [4.69, 9.17) is 0 Å². The first-order chi connectivity index (χ1) is 11.5. The van der Waals surface area contributed by atoms with Gasteiger partial charge in [-0.1, -0.05) is 0 Å². The number of hydrogen-bond donors (Lipinski definition) is 1. The van der Waals surface area contributed by atoms with Gasteiger partial charge in [0.05, 0.1) is 17.1 Å². The normalized spacial score (nSPS) is 25.4. The van der Waals surface area contributed by atoms with Gasteiger partial charge in [0.2, 0.25) is 0 Å². The number of rotatable bonds is 2. The van der Waals surface area contributed by atoms with Crippen LogP contribution in [0.2, 0.25) is 0 Å². The van der Waals surface area contributed by atoms with Crippen molar-refractivity contribution < 1.29 is 14.7 Å². The molecule has 6 nitrogen and oxygen atoms in total. The molecule has 0 saturated carbocycles. The summed E-state index contributed by atoms with van der Waals surface area (Å²) in [5.41, 5.74) is 3.23. The minimum absolute atomic E-state index is 0.0534. The molecule has 2 bridgehead atoms. The largest absolute Gasteiger partial charge is 0.481 e. The maximum absolute atomic E-state index is 13.0. The molecule has 2 aliphatic heterocycles. The zero-order valence-electron chi connectivity index (χ0n) is 13.7. The van der Waals surface area contributed by atoms with Crippen molar-refractivity contribution in [2.24, 2.45) is 5.92 Å². The molecule has 4 rings (SSSR count). The molecule has 0 unspecified atom stereocenters. The van der Waals surface area contributed by atoms with Crippen LogP contribution in [0.15, 0.2) is 18.2 Å². The highest BCUT2D eigenvalue weighted by Gasteiger charge is 2.51. The zero-order chi connectivity index (χ0) is 17.0. The summed E-state index contributed by atoms with van der Waals surface area (Å²) >= 11 is 0. The van der Waals surface area contributed by atoms with Gasteiger partial charge in [-0.25, -0.2) is 0 Å². The summed E-state index contributed by atoms with van der Waals surface area (Å²) < 4.78 is 0. The lowest BCUT2D eigenvalue weighted by atomic mass is 9.89. The molecule has 1 amide bonds. The summed E-state index contributed by atoms with van der Waals surface area (Å²) in [7, 11) is 0. The van der Waals surface area contributed by atoms with Gasteiger partial charge in [0.15, 0.2) is 0 Å². The number of aliphatic carboxylic acids is 1. The number of carbonyl (C=O) groups is 2. The summed E-state index contributed by atoms with van der Waals surface area (Å²) in [6, 6.07) is 5.32. The molecule has 0 radical (unpaired) electrons. The number of aromatic nitrogens is 2. The summed E-state index contributed by atoms with van der Waals surface area (Å²) in [5, 5.41) is 18.6. The van der Waals surface area contributed by atoms with Crippen molar-refractivity contribution in [2.45, 2.75) is 45.2 Å². The zero-order valence-corrected chi connectivity index (χ0v) is 13.7. The van der Waals surface area contributed by atoms with E-state index in [0.717, 1.165) is 35.0 Å². The number of fused-ring (bicyclic) bond motifs is 3. The molecular weight excluding hydrogens is 306 g/mol. The van der Waals surface area contributed by atoms with Gasteiger partial charge in [-0.05, 0) is 56.9 Å². The maximum Gasteiger partial charge on any atom is 0.308 e. The number of amides is 1. The van der Waals surface area contributed by atoms with Crippen molar-refractivity contribution in [3.8, 4) is 0 Å². The number of carboxylic acid groups (broad SMARTS) is 1. The van der Waals surface area contributed by atoms with Crippen LogP contribution in [0.25, 0.3) is 10.9 Å². The molecule has 124 valence electrons. The second kappa shape index (κ2) is 5.26. The molecule has 6 heteroatoms. The molecule has 3 heterocycles. The molecule has 24 heavy (non-hydrogen) atoms. The number of nitrogens with zero attached hydrogens (tertiary/aromatic N) is 3. The topological polar surface area (TPSA) is 83.4 Å². The fraction of sp³-hybridized carbons (Fsp3) is 0.444. The van der Waals surface area contributed by atoms with Gasteiger partial charge in [0.1, 0.15) is 0 Å². The van der Waals surface area contributed by atoms with Gasteiger partial charge < -0.3 is 10.0 Å². The predicted molar refractivity (Wildman–Crippen MR) is 87.7 cm³/mol. The van der Waals surface area contributed by atoms with E-state index in [1.54, 1.807) is 11.0 Å². The van der Waals surface area contributed by atoms with E-state index < -0.39 is 11.9 Å².